The number of cyclic esters (lactones) is 1. The summed E-state index contributed by atoms with van der Waals surface area (Å²) in [5, 5.41) is 27.5. The standard InChI is InChI=1S/C57H93N5O13/c1-35-17-13-12-14-18-36(2)48(73-28-27-69-9)33-44-22-20-41(7)57(68,75-44)54(65)55(66)62-25-16-15-19-45(62)56(67)74-49(34-46(63)38(4)30-40(6)52(64)53(71-11)42(8)37(3)29-35)39(5)31-43-21-23-47(50(32-43)70-10)72-26-24-51(60-58)61-59/h12-14,17-18,30,35,37-39,41,43-45,47-50,52-53,64,68H,8,15-16,19-29,31-34,58-59H2,1-7,9-11H3,(H,60,61)/b14-12+,17-13+,36-18+,40-30+. The number of carbonyl (C=O) groups excluding carboxylic acids is 4. The van der Waals surface area contributed by atoms with Crippen LogP contribution in [0.25, 0.3) is 0 Å². The molecule has 18 heteroatoms. The molecule has 2 saturated heterocycles. The van der Waals surface area contributed by atoms with E-state index < -0.39 is 71.8 Å². The number of esters is 1. The number of amidine groups is 1. The number of hydrazine groups is 1. The van der Waals surface area contributed by atoms with Gasteiger partial charge < -0.3 is 59.5 Å². The zero-order valence-electron chi connectivity index (χ0n) is 46.7. The van der Waals surface area contributed by atoms with Crippen LogP contribution in [-0.4, -0.2) is 147 Å². The number of hydrogen-bond donors (Lipinski definition) is 5. The first-order valence-corrected chi connectivity index (χ1v) is 27.3. The molecule has 1 amide bonds. The molecule has 0 aromatic carbocycles. The molecule has 1 saturated carbocycles. The SMILES string of the molecule is C=C1C(C)CC(C)/C=C/C=C/C=C(\C)C(OCCOC)CC2CCC(C)C(O)(O2)C(=O)C(=O)N2CCCCC2C(=O)OC(C(C)CC2CCC(OCC/C(=N/N)NN)C(OC)C2)CC(=O)C(C)/C=C(\C)C(O)C1OC. The number of carbonyl (C=O) groups is 4. The van der Waals surface area contributed by atoms with Crippen LogP contribution in [0.1, 0.15) is 132 Å². The van der Waals surface area contributed by atoms with Gasteiger partial charge in [-0.2, -0.15) is 5.10 Å². The fourth-order valence-electron chi connectivity index (χ4n) is 11.1. The maximum absolute atomic E-state index is 14.6. The van der Waals surface area contributed by atoms with Crippen LogP contribution >= 0.6 is 0 Å². The second kappa shape index (κ2) is 31.3. The summed E-state index contributed by atoms with van der Waals surface area (Å²) >= 11 is 0. The van der Waals surface area contributed by atoms with Crippen LogP contribution in [0, 0.1) is 35.5 Å². The van der Waals surface area contributed by atoms with Crippen LogP contribution in [0.4, 0.5) is 0 Å². The van der Waals surface area contributed by atoms with Crippen LogP contribution in [0.15, 0.2) is 64.9 Å². The Hall–Kier alpha value is -4.11. The lowest BCUT2D eigenvalue weighted by Gasteiger charge is -2.43. The first-order chi connectivity index (χ1) is 35.7. The molecule has 75 heavy (non-hydrogen) atoms. The predicted octanol–water partition coefficient (Wildman–Crippen LogP) is 6.33. The Kier molecular flexibility index (Phi) is 26.5. The molecule has 4 aliphatic rings. The number of hydrogen-bond acceptors (Lipinski definition) is 16. The number of methoxy groups -OCH3 is 3. The summed E-state index contributed by atoms with van der Waals surface area (Å²) in [7, 11) is 4.78. The van der Waals surface area contributed by atoms with Crippen molar-refractivity contribution in [1.82, 2.24) is 10.3 Å². The van der Waals surface area contributed by atoms with Crippen LogP contribution < -0.4 is 17.1 Å². The number of Topliss-reactive ketones (excluding diaryl/α,β-unsaturated/α-hetero) is 2. The van der Waals surface area contributed by atoms with E-state index in [2.05, 4.69) is 37.0 Å². The summed E-state index contributed by atoms with van der Waals surface area (Å²) in [4.78, 5) is 59.1. The van der Waals surface area contributed by atoms with Gasteiger partial charge in [-0.15, -0.1) is 0 Å². The van der Waals surface area contributed by atoms with Gasteiger partial charge in [0.2, 0.25) is 5.79 Å². The van der Waals surface area contributed by atoms with Crippen LogP contribution in [-0.2, 0) is 52.3 Å². The summed E-state index contributed by atoms with van der Waals surface area (Å²) in [5.74, 6) is 4.27. The molecule has 7 N–H and O–H groups in total. The van der Waals surface area contributed by atoms with E-state index in [0.717, 1.165) is 24.0 Å². The van der Waals surface area contributed by atoms with E-state index in [0.29, 0.717) is 89.0 Å². The fourth-order valence-corrected chi connectivity index (χ4v) is 11.1. The Morgan fingerprint density at radius 3 is 2.35 bits per heavy atom. The molecule has 0 aromatic rings. The molecule has 0 aromatic heterocycles. The largest absolute Gasteiger partial charge is 0.460 e. The van der Waals surface area contributed by atoms with Gasteiger partial charge in [-0.3, -0.25) is 14.4 Å². The Morgan fingerprint density at radius 1 is 0.920 bits per heavy atom. The van der Waals surface area contributed by atoms with Gasteiger partial charge in [0.15, 0.2) is 0 Å². The molecule has 3 aliphatic heterocycles. The summed E-state index contributed by atoms with van der Waals surface area (Å²) in [5.41, 5.74) is 4.62. The molecule has 15 atom stereocenters. The van der Waals surface area contributed by atoms with E-state index in [1.165, 1.54) is 12.0 Å². The van der Waals surface area contributed by atoms with E-state index in [9.17, 15) is 29.4 Å². The number of hydrazone groups is 1. The lowest BCUT2D eigenvalue weighted by molar-refractivity contribution is -0.266. The average molecular weight is 1060 g/mol. The Labute approximate surface area is 447 Å². The molecule has 18 nitrogen and oxygen atoms in total. The number of ether oxygens (including phenoxy) is 7. The quantitative estimate of drug-likeness (QED) is 0.0197. The van der Waals surface area contributed by atoms with Crippen molar-refractivity contribution >= 4 is 29.3 Å². The molecule has 4 rings (SSSR count). The van der Waals surface area contributed by atoms with Crippen molar-refractivity contribution in [2.45, 2.75) is 186 Å². The molecule has 3 heterocycles. The van der Waals surface area contributed by atoms with Gasteiger partial charge in [0.25, 0.3) is 11.7 Å². The number of aliphatic hydroxyl groups is 2. The first-order valence-electron chi connectivity index (χ1n) is 27.3. The number of allylic oxidation sites excluding steroid dienone is 6. The molecule has 3 fully saturated rings. The maximum Gasteiger partial charge on any atom is 0.329 e. The monoisotopic (exact) mass is 1060 g/mol. The van der Waals surface area contributed by atoms with Crippen LogP contribution in [0.2, 0.25) is 0 Å². The van der Waals surface area contributed by atoms with Crippen molar-refractivity contribution in [3.8, 4) is 0 Å². The molecule has 424 valence electrons. The summed E-state index contributed by atoms with van der Waals surface area (Å²) in [6, 6.07) is -1.15. The van der Waals surface area contributed by atoms with Crippen molar-refractivity contribution in [2.75, 3.05) is 47.7 Å². The Morgan fingerprint density at radius 2 is 1.67 bits per heavy atom. The van der Waals surface area contributed by atoms with Gasteiger partial charge in [-0.25, -0.2) is 10.6 Å². The number of nitrogens with one attached hydrogen (secondary N) is 1. The van der Waals surface area contributed by atoms with E-state index in [1.54, 1.807) is 41.1 Å². The normalized spacial score (nSPS) is 36.8. The average Bonchev–Trinajstić information content (AvgIpc) is 3.39. The Bertz CT molecular complexity index is 2030. The number of fused-ring (bicyclic) bond motifs is 3. The number of piperidine rings is 1. The number of ketones is 2. The van der Waals surface area contributed by atoms with Gasteiger partial charge >= 0.3 is 5.97 Å². The van der Waals surface area contributed by atoms with Crippen molar-refractivity contribution in [2.24, 2.45) is 52.3 Å². The third kappa shape index (κ3) is 18.2. The topological polar surface area (TPSA) is 253 Å². The summed E-state index contributed by atoms with van der Waals surface area (Å²) < 4.78 is 42.2. The number of rotatable bonds is 13. The lowest BCUT2D eigenvalue weighted by Crippen LogP contribution is -2.61. The van der Waals surface area contributed by atoms with E-state index >= 15 is 0 Å². The molecular formula is C57H93N5O13. The molecule has 0 radical (unpaired) electrons. The highest BCUT2D eigenvalue weighted by Crippen LogP contribution is 2.38. The number of aliphatic hydroxyl groups excluding tert-OH is 1. The van der Waals surface area contributed by atoms with Crippen LogP contribution in [0.5, 0.6) is 0 Å². The van der Waals surface area contributed by atoms with Crippen molar-refractivity contribution in [3.05, 3.63) is 59.8 Å². The third-order valence-corrected chi connectivity index (χ3v) is 16.0. The Balaban J connectivity index is 1.69. The number of nitrogens with two attached hydrogens (primary N) is 2. The van der Waals surface area contributed by atoms with Crippen molar-refractivity contribution in [3.63, 3.8) is 0 Å². The minimum Gasteiger partial charge on any atom is -0.460 e. The lowest BCUT2D eigenvalue weighted by atomic mass is 9.78. The number of amides is 1. The second-order valence-electron chi connectivity index (χ2n) is 21.7. The molecule has 1 aliphatic carbocycles. The van der Waals surface area contributed by atoms with Gasteiger partial charge in [-0.1, -0.05) is 77.7 Å². The maximum atomic E-state index is 14.6. The van der Waals surface area contributed by atoms with Gasteiger partial charge in [0.05, 0.1) is 44.2 Å². The van der Waals surface area contributed by atoms with Crippen molar-refractivity contribution in [1.29, 1.82) is 0 Å². The highest BCUT2D eigenvalue weighted by atomic mass is 16.6. The minimum atomic E-state index is -2.46. The summed E-state index contributed by atoms with van der Waals surface area (Å²) in [6.07, 6.45) is 13.7. The van der Waals surface area contributed by atoms with E-state index in [4.69, 9.17) is 44.8 Å². The molecule has 15 unspecified atom stereocenters. The van der Waals surface area contributed by atoms with Crippen molar-refractivity contribution < 1.29 is 62.5 Å². The van der Waals surface area contributed by atoms with Gasteiger partial charge in [0.1, 0.15) is 36.0 Å². The summed E-state index contributed by atoms with van der Waals surface area (Å²) in [6.45, 7) is 18.7. The molecule has 2 bridgehead atoms. The second-order valence-corrected chi connectivity index (χ2v) is 21.7. The fraction of sp³-hybridized carbons (Fsp3) is 0.737. The molecule has 0 spiro atoms. The first kappa shape index (κ1) is 63.4. The highest BCUT2D eigenvalue weighted by Gasteiger charge is 2.53. The zero-order chi connectivity index (χ0) is 55.4. The smallest absolute Gasteiger partial charge is 0.329 e. The zero-order valence-corrected chi connectivity index (χ0v) is 46.7. The highest BCUT2D eigenvalue weighted by molar-refractivity contribution is 6.39. The van der Waals surface area contributed by atoms with E-state index in [1.807, 2.05) is 38.2 Å². The minimum absolute atomic E-state index is 0.0197. The predicted molar refractivity (Wildman–Crippen MR) is 287 cm³/mol. The van der Waals surface area contributed by atoms with Crippen LogP contribution in [0.3, 0.4) is 0 Å². The van der Waals surface area contributed by atoms with Gasteiger partial charge in [-0.05, 0) is 118 Å². The van der Waals surface area contributed by atoms with Gasteiger partial charge in [0, 0.05) is 59.0 Å². The number of nitrogens with zero attached hydrogens (tertiary/aromatic N) is 2. The molecular weight excluding hydrogens is 963 g/mol. The third-order valence-electron chi connectivity index (χ3n) is 16.0. The van der Waals surface area contributed by atoms with E-state index in [-0.39, 0.29) is 61.0 Å².